The number of hydrogen-bond acceptors (Lipinski definition) is 3. The molecule has 0 unspecified atom stereocenters. The lowest BCUT2D eigenvalue weighted by Crippen LogP contribution is -2.24. The van der Waals surface area contributed by atoms with Crippen LogP contribution in [0.3, 0.4) is 0 Å². The first-order valence-corrected chi connectivity index (χ1v) is 10.5. The third-order valence-corrected chi connectivity index (χ3v) is 5.54. The fourth-order valence-corrected chi connectivity index (χ4v) is 3.31. The van der Waals surface area contributed by atoms with Crippen molar-refractivity contribution in [3.05, 3.63) is 92.1 Å². The Hall–Kier alpha value is -2.71. The second-order valence-electron chi connectivity index (χ2n) is 6.40. The lowest BCUT2D eigenvalue weighted by molar-refractivity contribution is 0.252. The Kier molecular flexibility index (Phi) is 7.59. The normalized spacial score (nSPS) is 10.8. The van der Waals surface area contributed by atoms with Crippen molar-refractivity contribution in [3.63, 3.8) is 0 Å². The minimum Gasteiger partial charge on any atom is -0.488 e. The summed E-state index contributed by atoms with van der Waals surface area (Å²) >= 11 is 6.87. The fourth-order valence-electron chi connectivity index (χ4n) is 2.55. The summed E-state index contributed by atoms with van der Waals surface area (Å²) in [5.74, 6) is 0.321. The van der Waals surface area contributed by atoms with E-state index in [0.29, 0.717) is 11.4 Å². The quantitative estimate of drug-likeness (QED) is 0.284. The van der Waals surface area contributed by atoms with E-state index in [9.17, 15) is 9.18 Å². The number of ether oxygens (including phenoxy) is 1. The molecule has 0 fully saturated rings. The van der Waals surface area contributed by atoms with Crippen LogP contribution in [-0.2, 0) is 6.61 Å². The molecule has 0 radical (unpaired) electrons. The largest absolute Gasteiger partial charge is 0.488 e. The van der Waals surface area contributed by atoms with Gasteiger partial charge in [0.05, 0.1) is 10.7 Å². The molecule has 0 aromatic heterocycles. The van der Waals surface area contributed by atoms with Crippen LogP contribution < -0.4 is 15.5 Å². The smallest absolute Gasteiger partial charge is 0.339 e. The molecule has 0 saturated carbocycles. The molecule has 2 amide bonds. The zero-order valence-electron chi connectivity index (χ0n) is 16.0. The average Bonchev–Trinajstić information content (AvgIpc) is 2.70. The van der Waals surface area contributed by atoms with Gasteiger partial charge in [-0.2, -0.15) is 5.10 Å². The van der Waals surface area contributed by atoms with E-state index in [0.717, 1.165) is 25.6 Å². The molecule has 0 atom stereocenters. The lowest BCUT2D eigenvalue weighted by atomic mass is 10.2. The topological polar surface area (TPSA) is 62.7 Å². The summed E-state index contributed by atoms with van der Waals surface area (Å²) in [4.78, 5) is 12.0. The number of anilines is 1. The molecule has 2 N–H and O–H groups in total. The van der Waals surface area contributed by atoms with Crippen LogP contribution in [0.15, 0.2) is 74.7 Å². The van der Waals surface area contributed by atoms with Gasteiger partial charge in [-0.1, -0.05) is 28.1 Å². The van der Waals surface area contributed by atoms with Crippen molar-refractivity contribution >= 4 is 49.8 Å². The Bertz CT molecular complexity index is 1090. The van der Waals surface area contributed by atoms with Crippen LogP contribution in [0.2, 0.25) is 0 Å². The van der Waals surface area contributed by atoms with Gasteiger partial charge in [-0.05, 0) is 88.1 Å². The van der Waals surface area contributed by atoms with Gasteiger partial charge in [0.2, 0.25) is 0 Å². The van der Waals surface area contributed by atoms with Crippen molar-refractivity contribution in [2.75, 3.05) is 5.32 Å². The number of halogens is 3. The van der Waals surface area contributed by atoms with Gasteiger partial charge in [-0.15, -0.1) is 0 Å². The predicted molar refractivity (Wildman–Crippen MR) is 124 cm³/mol. The van der Waals surface area contributed by atoms with E-state index in [1.165, 1.54) is 18.3 Å². The number of benzene rings is 3. The van der Waals surface area contributed by atoms with Crippen molar-refractivity contribution in [1.82, 2.24) is 5.43 Å². The Morgan fingerprint density at radius 2 is 1.93 bits per heavy atom. The van der Waals surface area contributed by atoms with Gasteiger partial charge in [0.15, 0.2) is 0 Å². The highest BCUT2D eigenvalue weighted by atomic mass is 79.9. The Morgan fingerprint density at radius 1 is 1.10 bits per heavy atom. The van der Waals surface area contributed by atoms with Gasteiger partial charge in [-0.3, -0.25) is 0 Å². The average molecular weight is 535 g/mol. The highest BCUT2D eigenvalue weighted by Gasteiger charge is 2.05. The Balaban J connectivity index is 1.53. The lowest BCUT2D eigenvalue weighted by Gasteiger charge is -2.09. The van der Waals surface area contributed by atoms with Crippen molar-refractivity contribution in [2.45, 2.75) is 13.5 Å². The van der Waals surface area contributed by atoms with Gasteiger partial charge in [0.25, 0.3) is 0 Å². The minimum atomic E-state index is -0.443. The first-order chi connectivity index (χ1) is 14.4. The molecule has 0 saturated heterocycles. The molecule has 30 heavy (non-hydrogen) atoms. The van der Waals surface area contributed by atoms with Gasteiger partial charge < -0.3 is 10.1 Å². The number of nitrogens with one attached hydrogen (secondary N) is 2. The Morgan fingerprint density at radius 3 is 2.67 bits per heavy atom. The zero-order valence-corrected chi connectivity index (χ0v) is 19.1. The molecule has 0 spiro atoms. The number of carbonyl (C=O) groups excluding carboxylic acids is 1. The minimum absolute atomic E-state index is 0.251. The fraction of sp³-hybridized carbons (Fsp3) is 0.0909. The van der Waals surface area contributed by atoms with Crippen LogP contribution in [0.4, 0.5) is 14.9 Å². The van der Waals surface area contributed by atoms with Gasteiger partial charge in [-0.25, -0.2) is 14.6 Å². The molecule has 154 valence electrons. The monoisotopic (exact) mass is 533 g/mol. The number of rotatable bonds is 6. The molecular weight excluding hydrogens is 517 g/mol. The van der Waals surface area contributed by atoms with Gasteiger partial charge in [0, 0.05) is 10.2 Å². The highest BCUT2D eigenvalue weighted by molar-refractivity contribution is 9.10. The number of hydrazone groups is 1. The zero-order chi connectivity index (χ0) is 21.5. The van der Waals surface area contributed by atoms with E-state index >= 15 is 0 Å². The standard InChI is InChI=1S/C22H18Br2FN3O2/c1-14-9-18(6-7-19(14)23)27-22(29)28-26-12-15-5-8-21(20(24)11-15)30-13-16-3-2-4-17(25)10-16/h2-12H,13H2,1H3,(H2,27,28,29)/b26-12+. The van der Waals surface area contributed by atoms with Crippen molar-refractivity contribution in [3.8, 4) is 5.75 Å². The van der Waals surface area contributed by atoms with E-state index in [2.05, 4.69) is 47.7 Å². The summed E-state index contributed by atoms with van der Waals surface area (Å²) in [6.45, 7) is 2.19. The van der Waals surface area contributed by atoms with Crippen LogP contribution in [0.5, 0.6) is 5.75 Å². The molecule has 0 aliphatic carbocycles. The van der Waals surface area contributed by atoms with Crippen LogP contribution in [0, 0.1) is 12.7 Å². The maximum absolute atomic E-state index is 13.2. The van der Waals surface area contributed by atoms with Gasteiger partial charge in [0.1, 0.15) is 18.2 Å². The maximum atomic E-state index is 13.2. The Labute approximate surface area is 190 Å². The number of aryl methyl sites for hydroxylation is 1. The molecule has 0 aliphatic heterocycles. The maximum Gasteiger partial charge on any atom is 0.339 e. The predicted octanol–water partition coefficient (Wildman–Crippen LogP) is 6.39. The molecular formula is C22H18Br2FN3O2. The third kappa shape index (κ3) is 6.40. The SMILES string of the molecule is Cc1cc(NC(=O)N/N=C/c2ccc(OCc3cccc(F)c3)c(Br)c2)ccc1Br. The van der Waals surface area contributed by atoms with Crippen LogP contribution in [0.1, 0.15) is 16.7 Å². The van der Waals surface area contributed by atoms with E-state index in [1.54, 1.807) is 30.3 Å². The van der Waals surface area contributed by atoms with Crippen molar-refractivity contribution in [1.29, 1.82) is 0 Å². The first-order valence-electron chi connectivity index (χ1n) is 8.94. The van der Waals surface area contributed by atoms with E-state index in [1.807, 2.05) is 25.1 Å². The first kappa shape index (κ1) is 22.0. The summed E-state index contributed by atoms with van der Waals surface area (Å²) < 4.78 is 20.7. The van der Waals surface area contributed by atoms with Gasteiger partial charge >= 0.3 is 6.03 Å². The molecule has 8 heteroatoms. The summed E-state index contributed by atoms with van der Waals surface area (Å²) in [6.07, 6.45) is 1.52. The van der Waals surface area contributed by atoms with Crippen LogP contribution in [0.25, 0.3) is 0 Å². The summed E-state index contributed by atoms with van der Waals surface area (Å²) in [7, 11) is 0. The molecule has 0 aliphatic rings. The number of hydrogen-bond donors (Lipinski definition) is 2. The van der Waals surface area contributed by atoms with E-state index < -0.39 is 6.03 Å². The van der Waals surface area contributed by atoms with E-state index in [4.69, 9.17) is 4.74 Å². The number of nitrogens with zero attached hydrogens (tertiary/aromatic N) is 1. The summed E-state index contributed by atoms with van der Waals surface area (Å²) in [5, 5.41) is 6.66. The second kappa shape index (κ2) is 10.4. The highest BCUT2D eigenvalue weighted by Crippen LogP contribution is 2.26. The molecule has 3 aromatic rings. The van der Waals surface area contributed by atoms with Crippen LogP contribution >= 0.6 is 31.9 Å². The number of carbonyl (C=O) groups is 1. The summed E-state index contributed by atoms with van der Waals surface area (Å²) in [5.41, 5.74) is 5.62. The molecule has 3 rings (SSSR count). The van der Waals surface area contributed by atoms with Crippen LogP contribution in [-0.4, -0.2) is 12.2 Å². The molecule has 5 nitrogen and oxygen atoms in total. The number of urea groups is 1. The molecule has 0 heterocycles. The second-order valence-corrected chi connectivity index (χ2v) is 8.11. The third-order valence-electron chi connectivity index (χ3n) is 4.03. The summed E-state index contributed by atoms with van der Waals surface area (Å²) in [6, 6.07) is 16.7. The van der Waals surface area contributed by atoms with Crippen molar-refractivity contribution in [2.24, 2.45) is 5.10 Å². The molecule has 0 bridgehead atoms. The van der Waals surface area contributed by atoms with E-state index in [-0.39, 0.29) is 12.4 Å². The number of amides is 2. The molecule has 3 aromatic carbocycles. The van der Waals surface area contributed by atoms with Crippen molar-refractivity contribution < 1.29 is 13.9 Å².